The van der Waals surface area contributed by atoms with E-state index in [2.05, 4.69) is 26.1 Å². The average Bonchev–Trinajstić information content (AvgIpc) is 2.68. The Labute approximate surface area is 162 Å². The van der Waals surface area contributed by atoms with Gasteiger partial charge in [0.15, 0.2) is 0 Å². The molecule has 0 aromatic heterocycles. The number of carbonyl (C=O) groups excluding carboxylic acids is 2. The van der Waals surface area contributed by atoms with E-state index >= 15 is 0 Å². The van der Waals surface area contributed by atoms with Crippen LogP contribution in [0.4, 0.5) is 0 Å². The summed E-state index contributed by atoms with van der Waals surface area (Å²) in [4.78, 5) is 24.3. The van der Waals surface area contributed by atoms with Crippen LogP contribution in [0.2, 0.25) is 0 Å². The lowest BCUT2D eigenvalue weighted by Crippen LogP contribution is -2.40. The number of hydrogen-bond acceptors (Lipinski definition) is 5. The van der Waals surface area contributed by atoms with Crippen molar-refractivity contribution in [1.29, 1.82) is 0 Å². The molecule has 0 fully saturated rings. The molecule has 0 spiro atoms. The lowest BCUT2D eigenvalue weighted by molar-refractivity contribution is -0.157. The van der Waals surface area contributed by atoms with E-state index in [0.29, 0.717) is 24.7 Å². The van der Waals surface area contributed by atoms with E-state index < -0.39 is 5.97 Å². The fraction of sp³-hybridized carbons (Fsp3) is 0.524. The molecule has 5 nitrogen and oxygen atoms in total. The molecule has 1 aromatic rings. The molecule has 145 valence electrons. The number of fused-ring (bicyclic) bond motifs is 1. The summed E-state index contributed by atoms with van der Waals surface area (Å²) in [5, 5.41) is 3.40. The molecule has 1 N–H and O–H groups in total. The maximum Gasteiger partial charge on any atom is 0.341 e. The van der Waals surface area contributed by atoms with Crippen LogP contribution in [0, 0.1) is 5.92 Å². The molecule has 2 rings (SSSR count). The Hall–Kier alpha value is -2.24. The molecule has 0 unspecified atom stereocenters. The van der Waals surface area contributed by atoms with Gasteiger partial charge in [-0.2, -0.15) is 0 Å². The Morgan fingerprint density at radius 3 is 2.67 bits per heavy atom. The molecule has 27 heavy (non-hydrogen) atoms. The van der Waals surface area contributed by atoms with Gasteiger partial charge >= 0.3 is 11.9 Å². The summed E-state index contributed by atoms with van der Waals surface area (Å²) >= 11 is 0. The Bertz CT molecular complexity index is 685. The monoisotopic (exact) mass is 370 g/mol. The first-order valence-electron chi connectivity index (χ1n) is 9.72. The van der Waals surface area contributed by atoms with Crippen LogP contribution in [0.25, 0.3) is 0 Å². The quantitative estimate of drug-likeness (QED) is 0.410. The molecule has 6 heteroatoms. The van der Waals surface area contributed by atoms with Crippen molar-refractivity contribution in [3.05, 3.63) is 47.2 Å². The topological polar surface area (TPSA) is 64.6 Å². The van der Waals surface area contributed by atoms with Gasteiger partial charge in [-0.3, -0.25) is 4.79 Å². The summed E-state index contributed by atoms with van der Waals surface area (Å²) in [5.74, 6) is -0.703. The van der Waals surface area contributed by atoms with Gasteiger partial charge in [-0.1, -0.05) is 45.8 Å². The highest BCUT2D eigenvalue weighted by molar-refractivity contribution is 6.38. The number of carbonyl (C=O) groups is 2. The normalized spacial score (nSPS) is 15.5. The third-order valence-electron chi connectivity index (χ3n) is 5.07. The minimum atomic E-state index is -0.457. The van der Waals surface area contributed by atoms with E-state index in [1.807, 2.05) is 26.0 Å². The van der Waals surface area contributed by atoms with E-state index in [1.54, 1.807) is 6.07 Å². The largest absolute Gasteiger partial charge is 0.428 e. The first-order valence-corrected chi connectivity index (χ1v) is 9.72. The second-order valence-electron chi connectivity index (χ2n) is 6.82. The van der Waals surface area contributed by atoms with Gasteiger partial charge in [0.2, 0.25) is 6.79 Å². The SMILES string of the molecule is C=C(CC)N[C@@H]1[B]Cc2c(cccc2C(=O)OCOC(=O)C(CC)CC)C1. The third-order valence-corrected chi connectivity index (χ3v) is 5.07. The molecule has 1 radical (unpaired) electrons. The highest BCUT2D eigenvalue weighted by Crippen LogP contribution is 2.23. The summed E-state index contributed by atoms with van der Waals surface area (Å²) in [7, 11) is 2.16. The van der Waals surface area contributed by atoms with Crippen LogP contribution in [-0.4, -0.2) is 32.0 Å². The molecule has 1 aliphatic rings. The second-order valence-corrected chi connectivity index (χ2v) is 6.82. The molecule has 0 aliphatic carbocycles. The van der Waals surface area contributed by atoms with Crippen molar-refractivity contribution in [1.82, 2.24) is 5.32 Å². The van der Waals surface area contributed by atoms with Gasteiger partial charge in [-0.05, 0) is 48.8 Å². The third kappa shape index (κ3) is 5.62. The van der Waals surface area contributed by atoms with Crippen molar-refractivity contribution < 1.29 is 19.1 Å². The molecule has 0 bridgehead atoms. The molecular weight excluding hydrogens is 341 g/mol. The summed E-state index contributed by atoms with van der Waals surface area (Å²) < 4.78 is 10.3. The first kappa shape index (κ1) is 21.1. The van der Waals surface area contributed by atoms with Crippen LogP contribution >= 0.6 is 0 Å². The molecule has 1 aliphatic heterocycles. The van der Waals surface area contributed by atoms with Crippen molar-refractivity contribution in [2.45, 2.75) is 58.7 Å². The van der Waals surface area contributed by atoms with Crippen LogP contribution < -0.4 is 5.32 Å². The van der Waals surface area contributed by atoms with Gasteiger partial charge in [-0.15, -0.1) is 0 Å². The van der Waals surface area contributed by atoms with Gasteiger partial charge < -0.3 is 14.8 Å². The number of esters is 2. The van der Waals surface area contributed by atoms with E-state index in [1.165, 1.54) is 0 Å². The molecule has 0 saturated carbocycles. The predicted molar refractivity (Wildman–Crippen MR) is 106 cm³/mol. The number of hydrogen-bond donors (Lipinski definition) is 1. The van der Waals surface area contributed by atoms with Gasteiger partial charge in [0.1, 0.15) is 7.28 Å². The van der Waals surface area contributed by atoms with E-state index in [9.17, 15) is 9.59 Å². The Kier molecular flexibility index (Phi) is 7.95. The van der Waals surface area contributed by atoms with Gasteiger partial charge in [0.05, 0.1) is 11.5 Å². The zero-order valence-corrected chi connectivity index (χ0v) is 16.5. The van der Waals surface area contributed by atoms with Crippen molar-refractivity contribution in [2.75, 3.05) is 6.79 Å². The standard InChI is InChI=1S/C21H29BNO4/c1-5-14(4)23-19-11-16-9-8-10-17(18(16)12-22-19)21(25)27-13-26-20(24)15(6-2)7-3/h8-10,15,19,23H,4-7,11-13H2,1-3H3/t19-/m0/s1. The van der Waals surface area contributed by atoms with Crippen molar-refractivity contribution in [2.24, 2.45) is 5.92 Å². The summed E-state index contributed by atoms with van der Waals surface area (Å²) in [6, 6.07) is 5.66. The fourth-order valence-electron chi connectivity index (χ4n) is 3.27. The van der Waals surface area contributed by atoms with Crippen molar-refractivity contribution in [3.8, 4) is 0 Å². The first-order chi connectivity index (χ1) is 13.0. The Morgan fingerprint density at radius 2 is 2.00 bits per heavy atom. The average molecular weight is 370 g/mol. The van der Waals surface area contributed by atoms with Crippen LogP contribution in [-0.2, 0) is 27.0 Å². The molecular formula is C21H29BNO4. The maximum atomic E-state index is 12.5. The highest BCUT2D eigenvalue weighted by Gasteiger charge is 2.25. The van der Waals surface area contributed by atoms with Crippen LogP contribution in [0.15, 0.2) is 30.5 Å². The lowest BCUT2D eigenvalue weighted by atomic mass is 9.57. The van der Waals surface area contributed by atoms with Gasteiger partial charge in [-0.25, -0.2) is 4.79 Å². The minimum Gasteiger partial charge on any atom is -0.428 e. The summed E-state index contributed by atoms with van der Waals surface area (Å²) in [5.41, 5.74) is 3.65. The summed E-state index contributed by atoms with van der Waals surface area (Å²) in [6.07, 6.45) is 3.80. The zero-order valence-electron chi connectivity index (χ0n) is 16.5. The molecule has 1 heterocycles. The van der Waals surface area contributed by atoms with Crippen LogP contribution in [0.5, 0.6) is 0 Å². The smallest absolute Gasteiger partial charge is 0.341 e. The molecule has 0 amide bonds. The summed E-state index contributed by atoms with van der Waals surface area (Å²) in [6.45, 7) is 9.59. The van der Waals surface area contributed by atoms with Crippen molar-refractivity contribution >= 4 is 19.2 Å². The highest BCUT2D eigenvalue weighted by atomic mass is 16.7. The second kappa shape index (κ2) is 10.2. The molecule has 1 aromatic carbocycles. The number of rotatable bonds is 9. The minimum absolute atomic E-state index is 0.148. The predicted octanol–water partition coefficient (Wildman–Crippen LogP) is 3.38. The number of ether oxygens (including phenoxy) is 2. The number of nitrogens with one attached hydrogen (secondary N) is 1. The lowest BCUT2D eigenvalue weighted by Gasteiger charge is -2.27. The number of benzene rings is 1. The van der Waals surface area contributed by atoms with E-state index in [-0.39, 0.29) is 24.6 Å². The van der Waals surface area contributed by atoms with E-state index in [0.717, 1.165) is 29.7 Å². The van der Waals surface area contributed by atoms with Crippen LogP contribution in [0.1, 0.15) is 61.5 Å². The van der Waals surface area contributed by atoms with Gasteiger partial charge in [0, 0.05) is 5.70 Å². The maximum absolute atomic E-state index is 12.5. The van der Waals surface area contributed by atoms with Crippen LogP contribution in [0.3, 0.4) is 0 Å². The van der Waals surface area contributed by atoms with Gasteiger partial charge in [0.25, 0.3) is 0 Å². The molecule has 0 saturated heterocycles. The zero-order chi connectivity index (χ0) is 19.8. The molecule has 1 atom stereocenters. The number of allylic oxidation sites excluding steroid dienone is 1. The van der Waals surface area contributed by atoms with E-state index in [4.69, 9.17) is 9.47 Å². The fourth-order valence-corrected chi connectivity index (χ4v) is 3.27. The Balaban J connectivity index is 1.96. The van der Waals surface area contributed by atoms with Crippen molar-refractivity contribution in [3.63, 3.8) is 0 Å². The Morgan fingerprint density at radius 1 is 1.26 bits per heavy atom.